The van der Waals surface area contributed by atoms with Crippen molar-refractivity contribution in [3.05, 3.63) is 59.3 Å². The van der Waals surface area contributed by atoms with Crippen LogP contribution in [0.4, 0.5) is 9.18 Å². The zero-order valence-corrected chi connectivity index (χ0v) is 19.5. The van der Waals surface area contributed by atoms with Crippen molar-refractivity contribution in [2.24, 2.45) is 0 Å². The zero-order valence-electron chi connectivity index (χ0n) is 19.5. The number of hydrogen-bond donors (Lipinski definition) is 1. The van der Waals surface area contributed by atoms with E-state index in [-0.39, 0.29) is 43.4 Å². The highest BCUT2D eigenvalue weighted by molar-refractivity contribution is 5.84. The lowest BCUT2D eigenvalue weighted by atomic mass is 9.96. The standard InChI is InChI=1S/C25H34FN3O4/c1-19-8-13-23(33-19)17-29(16-20-9-11-21(26)12-10-20)24(30)18-28(14-15-32-2)25(31)27-22-6-4-3-5-7-22/h8-13,22H,3-7,14-18H2,1-2H3,(H,27,31). The minimum Gasteiger partial charge on any atom is -0.464 e. The summed E-state index contributed by atoms with van der Waals surface area (Å²) in [7, 11) is 1.57. The third-order valence-corrected chi connectivity index (χ3v) is 5.89. The highest BCUT2D eigenvalue weighted by atomic mass is 19.1. The first-order chi connectivity index (χ1) is 15.9. The fourth-order valence-corrected chi connectivity index (χ4v) is 4.03. The highest BCUT2D eigenvalue weighted by Gasteiger charge is 2.25. The van der Waals surface area contributed by atoms with Crippen molar-refractivity contribution >= 4 is 11.9 Å². The van der Waals surface area contributed by atoms with Crippen molar-refractivity contribution in [2.45, 2.75) is 58.2 Å². The molecule has 33 heavy (non-hydrogen) atoms. The summed E-state index contributed by atoms with van der Waals surface area (Å²) in [5.74, 6) is 0.859. The number of furan rings is 1. The van der Waals surface area contributed by atoms with Gasteiger partial charge in [-0.15, -0.1) is 0 Å². The van der Waals surface area contributed by atoms with E-state index in [2.05, 4.69) is 5.32 Å². The quantitative estimate of drug-likeness (QED) is 0.577. The average molecular weight is 460 g/mol. The molecule has 2 aromatic rings. The zero-order chi connectivity index (χ0) is 23.6. The van der Waals surface area contributed by atoms with Gasteiger partial charge in [0.1, 0.15) is 23.9 Å². The fourth-order valence-electron chi connectivity index (χ4n) is 4.03. The van der Waals surface area contributed by atoms with Gasteiger partial charge in [0.15, 0.2) is 0 Å². The molecule has 1 aliphatic rings. The molecule has 0 saturated heterocycles. The van der Waals surface area contributed by atoms with Crippen molar-refractivity contribution in [2.75, 3.05) is 26.8 Å². The molecular formula is C25H34FN3O4. The van der Waals surface area contributed by atoms with Crippen molar-refractivity contribution in [1.82, 2.24) is 15.1 Å². The van der Waals surface area contributed by atoms with E-state index in [1.54, 1.807) is 24.1 Å². The summed E-state index contributed by atoms with van der Waals surface area (Å²) in [6.07, 6.45) is 5.34. The number of nitrogens with zero attached hydrogens (tertiary/aromatic N) is 2. The van der Waals surface area contributed by atoms with Gasteiger partial charge in [-0.1, -0.05) is 31.4 Å². The van der Waals surface area contributed by atoms with E-state index >= 15 is 0 Å². The molecule has 0 bridgehead atoms. The third-order valence-electron chi connectivity index (χ3n) is 5.89. The second-order valence-electron chi connectivity index (χ2n) is 8.59. The van der Waals surface area contributed by atoms with Crippen LogP contribution < -0.4 is 5.32 Å². The van der Waals surface area contributed by atoms with Crippen LogP contribution in [0.2, 0.25) is 0 Å². The first-order valence-electron chi connectivity index (χ1n) is 11.6. The van der Waals surface area contributed by atoms with E-state index in [0.29, 0.717) is 18.9 Å². The number of carbonyl (C=O) groups is 2. The van der Waals surface area contributed by atoms with E-state index in [0.717, 1.165) is 37.0 Å². The molecule has 3 rings (SSSR count). The first-order valence-corrected chi connectivity index (χ1v) is 11.6. The molecule has 1 aromatic carbocycles. The topological polar surface area (TPSA) is 75.0 Å². The van der Waals surface area contributed by atoms with Crippen molar-refractivity contribution in [3.8, 4) is 0 Å². The van der Waals surface area contributed by atoms with E-state index in [4.69, 9.17) is 9.15 Å². The minimum atomic E-state index is -0.330. The summed E-state index contributed by atoms with van der Waals surface area (Å²) in [6, 6.07) is 9.63. The molecule has 0 radical (unpaired) electrons. The lowest BCUT2D eigenvalue weighted by Gasteiger charge is -2.30. The lowest BCUT2D eigenvalue weighted by Crippen LogP contribution is -2.50. The van der Waals surface area contributed by atoms with Crippen molar-refractivity contribution < 1.29 is 23.1 Å². The molecule has 1 aliphatic carbocycles. The van der Waals surface area contributed by atoms with Crippen LogP contribution in [0.25, 0.3) is 0 Å². The number of ether oxygens (including phenoxy) is 1. The Morgan fingerprint density at radius 2 is 1.79 bits per heavy atom. The number of halogens is 1. The summed E-state index contributed by atoms with van der Waals surface area (Å²) in [5, 5.41) is 3.08. The van der Waals surface area contributed by atoms with E-state index in [1.165, 1.54) is 23.5 Å². The number of rotatable bonds is 10. The third kappa shape index (κ3) is 7.89. The largest absolute Gasteiger partial charge is 0.464 e. The smallest absolute Gasteiger partial charge is 0.318 e. The molecule has 1 N–H and O–H groups in total. The Hall–Kier alpha value is -2.87. The van der Waals surface area contributed by atoms with Crippen molar-refractivity contribution in [3.63, 3.8) is 0 Å². The fraction of sp³-hybridized carbons (Fsp3) is 0.520. The summed E-state index contributed by atoms with van der Waals surface area (Å²) in [5.41, 5.74) is 0.795. The Morgan fingerprint density at radius 1 is 1.06 bits per heavy atom. The molecule has 1 saturated carbocycles. The molecule has 3 amide bonds. The Labute approximate surface area is 194 Å². The number of methoxy groups -OCH3 is 1. The maximum absolute atomic E-state index is 13.3. The molecule has 1 aromatic heterocycles. The number of hydrogen-bond acceptors (Lipinski definition) is 4. The van der Waals surface area contributed by atoms with E-state index < -0.39 is 0 Å². The van der Waals surface area contributed by atoms with E-state index in [9.17, 15) is 14.0 Å². The second kappa shape index (κ2) is 12.4. The van der Waals surface area contributed by atoms with Crippen LogP contribution in [0.3, 0.4) is 0 Å². The maximum atomic E-state index is 13.3. The van der Waals surface area contributed by atoms with E-state index in [1.807, 2.05) is 19.1 Å². The van der Waals surface area contributed by atoms with Gasteiger partial charge >= 0.3 is 6.03 Å². The molecule has 7 nitrogen and oxygen atoms in total. The highest BCUT2D eigenvalue weighted by Crippen LogP contribution is 2.18. The summed E-state index contributed by atoms with van der Waals surface area (Å²) < 4.78 is 24.2. The van der Waals surface area contributed by atoms with Gasteiger partial charge in [0, 0.05) is 26.2 Å². The van der Waals surface area contributed by atoms with Crippen molar-refractivity contribution in [1.29, 1.82) is 0 Å². The Bertz CT molecular complexity index is 893. The normalized spacial score (nSPS) is 14.2. The van der Waals surface area contributed by atoms with Crippen LogP contribution in [0.1, 0.15) is 49.2 Å². The van der Waals surface area contributed by atoms with Gasteiger partial charge in [-0.05, 0) is 49.6 Å². The number of nitrogens with one attached hydrogen (secondary N) is 1. The monoisotopic (exact) mass is 459 g/mol. The van der Waals surface area contributed by atoms with Crippen LogP contribution in [0.15, 0.2) is 40.8 Å². The summed E-state index contributed by atoms with van der Waals surface area (Å²) >= 11 is 0. The van der Waals surface area contributed by atoms with Gasteiger partial charge in [0.25, 0.3) is 0 Å². The van der Waals surface area contributed by atoms with Gasteiger partial charge in [-0.2, -0.15) is 0 Å². The molecule has 0 unspecified atom stereocenters. The van der Waals surface area contributed by atoms with Gasteiger partial charge in [0.05, 0.1) is 13.2 Å². The SMILES string of the molecule is COCCN(CC(=O)N(Cc1ccc(F)cc1)Cc1ccc(C)o1)C(=O)NC1CCCCC1. The predicted molar refractivity (Wildman–Crippen MR) is 123 cm³/mol. The Morgan fingerprint density at radius 3 is 2.42 bits per heavy atom. The molecular weight excluding hydrogens is 425 g/mol. The number of carbonyl (C=O) groups excluding carboxylic acids is 2. The molecule has 8 heteroatoms. The van der Waals surface area contributed by atoms with Crippen LogP contribution in [0, 0.1) is 12.7 Å². The first kappa shape index (κ1) is 24.8. The summed E-state index contributed by atoms with van der Waals surface area (Å²) in [6.45, 7) is 2.94. The lowest BCUT2D eigenvalue weighted by molar-refractivity contribution is -0.133. The minimum absolute atomic E-state index is 0.0806. The van der Waals surface area contributed by atoms with Gasteiger partial charge in [0.2, 0.25) is 5.91 Å². The molecule has 0 spiro atoms. The summed E-state index contributed by atoms with van der Waals surface area (Å²) in [4.78, 5) is 29.4. The van der Waals surface area contributed by atoms with Crippen LogP contribution in [0.5, 0.6) is 0 Å². The van der Waals surface area contributed by atoms with Gasteiger partial charge in [-0.25, -0.2) is 9.18 Å². The number of aryl methyl sites for hydroxylation is 1. The second-order valence-corrected chi connectivity index (χ2v) is 8.59. The average Bonchev–Trinajstić information content (AvgIpc) is 3.22. The molecule has 1 fully saturated rings. The number of benzene rings is 1. The van der Waals surface area contributed by atoms with Crippen LogP contribution in [-0.2, 0) is 22.6 Å². The number of amides is 3. The Balaban J connectivity index is 1.71. The number of urea groups is 1. The van der Waals surface area contributed by atoms with Gasteiger partial charge in [-0.3, -0.25) is 4.79 Å². The van der Waals surface area contributed by atoms with Crippen LogP contribution >= 0.6 is 0 Å². The Kier molecular flexibility index (Phi) is 9.30. The maximum Gasteiger partial charge on any atom is 0.318 e. The molecule has 0 aliphatic heterocycles. The molecule has 180 valence electrons. The van der Waals surface area contributed by atoms with Crippen LogP contribution in [-0.4, -0.2) is 54.6 Å². The molecule has 1 heterocycles. The van der Waals surface area contributed by atoms with Gasteiger partial charge < -0.3 is 24.3 Å². The molecule has 0 atom stereocenters. The predicted octanol–water partition coefficient (Wildman–Crippen LogP) is 4.25.